The van der Waals surface area contributed by atoms with Crippen molar-refractivity contribution in [2.24, 2.45) is 0 Å². The summed E-state index contributed by atoms with van der Waals surface area (Å²) in [6, 6.07) is 8.58. The van der Waals surface area contributed by atoms with E-state index in [2.05, 4.69) is 36.2 Å². The van der Waals surface area contributed by atoms with Gasteiger partial charge in [0.15, 0.2) is 0 Å². The van der Waals surface area contributed by atoms with Crippen molar-refractivity contribution >= 4 is 0 Å². The lowest BCUT2D eigenvalue weighted by Crippen LogP contribution is -2.34. The zero-order chi connectivity index (χ0) is 14.1. The van der Waals surface area contributed by atoms with E-state index in [-0.39, 0.29) is 0 Å². The van der Waals surface area contributed by atoms with Crippen LogP contribution in [0.3, 0.4) is 0 Å². The number of hydrogen-bond acceptors (Lipinski definition) is 3. The Hall–Kier alpha value is -1.06. The number of methoxy groups -OCH3 is 1. The first kappa shape index (κ1) is 16.0. The normalized spacial score (nSPS) is 12.7. The molecule has 1 rings (SSSR count). The highest BCUT2D eigenvalue weighted by molar-refractivity contribution is 5.36. The van der Waals surface area contributed by atoms with Gasteiger partial charge in [-0.05, 0) is 32.6 Å². The molecule has 0 saturated heterocycles. The molecule has 108 valence electrons. The van der Waals surface area contributed by atoms with Crippen LogP contribution in [0.1, 0.15) is 38.3 Å². The smallest absolute Gasteiger partial charge is 0.123 e. The molecule has 0 heterocycles. The third-order valence-corrected chi connectivity index (χ3v) is 3.58. The molecule has 0 aliphatic rings. The van der Waals surface area contributed by atoms with E-state index in [1.807, 2.05) is 19.2 Å². The Kier molecular flexibility index (Phi) is 7.53. The summed E-state index contributed by atoms with van der Waals surface area (Å²) < 4.78 is 5.47. The highest BCUT2D eigenvalue weighted by atomic mass is 16.5. The van der Waals surface area contributed by atoms with Gasteiger partial charge in [0.1, 0.15) is 5.75 Å². The number of rotatable bonds is 9. The summed E-state index contributed by atoms with van der Waals surface area (Å²) in [6.07, 6.45) is 2.51. The minimum atomic E-state index is 0.313. The highest BCUT2D eigenvalue weighted by Gasteiger charge is 2.16. The Morgan fingerprint density at radius 1 is 1.26 bits per heavy atom. The Bertz CT molecular complexity index is 354. The maximum atomic E-state index is 5.47. The molecular weight excluding hydrogens is 236 g/mol. The van der Waals surface area contributed by atoms with Crippen molar-refractivity contribution in [1.29, 1.82) is 0 Å². The van der Waals surface area contributed by atoms with E-state index >= 15 is 0 Å². The lowest BCUT2D eigenvalue weighted by molar-refractivity contribution is 0.252. The van der Waals surface area contributed by atoms with Gasteiger partial charge in [0.05, 0.1) is 7.11 Å². The molecule has 0 radical (unpaired) electrons. The third-order valence-electron chi connectivity index (χ3n) is 3.58. The number of benzene rings is 1. The van der Waals surface area contributed by atoms with Gasteiger partial charge in [0.2, 0.25) is 0 Å². The van der Waals surface area contributed by atoms with Gasteiger partial charge < -0.3 is 15.0 Å². The van der Waals surface area contributed by atoms with E-state index in [0.717, 1.165) is 18.8 Å². The standard InChI is InChI=1S/C16H28N2O/c1-5-7-12-18(6-2)13-15(17-3)14-10-8-9-11-16(14)19-4/h8-11,15,17H,5-7,12-13H2,1-4H3. The molecule has 3 heteroatoms. The van der Waals surface area contributed by atoms with Crippen LogP contribution in [-0.2, 0) is 0 Å². The number of nitrogens with one attached hydrogen (secondary N) is 1. The second-order valence-electron chi connectivity index (χ2n) is 4.83. The van der Waals surface area contributed by atoms with Crippen LogP contribution in [0.5, 0.6) is 5.75 Å². The Morgan fingerprint density at radius 2 is 2.00 bits per heavy atom. The van der Waals surface area contributed by atoms with E-state index in [0.29, 0.717) is 6.04 Å². The topological polar surface area (TPSA) is 24.5 Å². The monoisotopic (exact) mass is 264 g/mol. The molecule has 1 unspecified atom stereocenters. The fourth-order valence-electron chi connectivity index (χ4n) is 2.32. The zero-order valence-corrected chi connectivity index (χ0v) is 12.8. The fourth-order valence-corrected chi connectivity index (χ4v) is 2.32. The summed E-state index contributed by atoms with van der Waals surface area (Å²) in [5.41, 5.74) is 1.24. The molecule has 0 aromatic heterocycles. The summed E-state index contributed by atoms with van der Waals surface area (Å²) in [7, 11) is 3.75. The third kappa shape index (κ3) is 4.84. The SMILES string of the molecule is CCCCN(CC)CC(NC)c1ccccc1OC. The second kappa shape index (κ2) is 8.94. The predicted octanol–water partition coefficient (Wildman–Crippen LogP) is 3.08. The molecule has 0 spiro atoms. The quantitative estimate of drug-likeness (QED) is 0.742. The number of unbranched alkanes of at least 4 members (excludes halogenated alkanes) is 1. The average molecular weight is 264 g/mol. The van der Waals surface area contributed by atoms with Crippen molar-refractivity contribution in [3.05, 3.63) is 29.8 Å². The zero-order valence-electron chi connectivity index (χ0n) is 12.8. The molecule has 19 heavy (non-hydrogen) atoms. The average Bonchev–Trinajstić information content (AvgIpc) is 2.47. The lowest BCUT2D eigenvalue weighted by Gasteiger charge is -2.27. The second-order valence-corrected chi connectivity index (χ2v) is 4.83. The van der Waals surface area contributed by atoms with Crippen LogP contribution in [0, 0.1) is 0 Å². The van der Waals surface area contributed by atoms with Crippen molar-refractivity contribution < 1.29 is 4.74 Å². The van der Waals surface area contributed by atoms with Gasteiger partial charge in [-0.15, -0.1) is 0 Å². The van der Waals surface area contributed by atoms with Crippen LogP contribution < -0.4 is 10.1 Å². The Morgan fingerprint density at radius 3 is 2.58 bits per heavy atom. The molecule has 3 nitrogen and oxygen atoms in total. The van der Waals surface area contributed by atoms with Gasteiger partial charge in [-0.25, -0.2) is 0 Å². The van der Waals surface area contributed by atoms with Gasteiger partial charge in [-0.1, -0.05) is 38.5 Å². The summed E-state index contributed by atoms with van der Waals surface area (Å²) in [5, 5.41) is 3.41. The predicted molar refractivity (Wildman–Crippen MR) is 81.8 cm³/mol. The molecule has 0 fully saturated rings. The number of likely N-dealkylation sites (N-methyl/N-ethyl adjacent to an activating group) is 2. The van der Waals surface area contributed by atoms with Crippen LogP contribution in [0.2, 0.25) is 0 Å². The first-order valence-electron chi connectivity index (χ1n) is 7.29. The van der Waals surface area contributed by atoms with E-state index < -0.39 is 0 Å². The molecular formula is C16H28N2O. The van der Waals surface area contributed by atoms with E-state index in [1.54, 1.807) is 7.11 Å². The van der Waals surface area contributed by atoms with Crippen molar-refractivity contribution in [2.45, 2.75) is 32.7 Å². The molecule has 0 saturated carbocycles. The van der Waals surface area contributed by atoms with Gasteiger partial charge in [0, 0.05) is 18.2 Å². The van der Waals surface area contributed by atoms with E-state index in [9.17, 15) is 0 Å². The molecule has 1 aromatic rings. The highest BCUT2D eigenvalue weighted by Crippen LogP contribution is 2.25. The fraction of sp³-hybridized carbons (Fsp3) is 0.625. The van der Waals surface area contributed by atoms with Gasteiger partial charge >= 0.3 is 0 Å². The summed E-state index contributed by atoms with van der Waals surface area (Å²) in [6.45, 7) is 7.75. The molecule has 1 atom stereocenters. The minimum absolute atomic E-state index is 0.313. The molecule has 0 aliphatic carbocycles. The maximum absolute atomic E-state index is 5.47. The van der Waals surface area contributed by atoms with Crippen molar-refractivity contribution in [3.8, 4) is 5.75 Å². The summed E-state index contributed by atoms with van der Waals surface area (Å²) in [5.74, 6) is 0.966. The van der Waals surface area contributed by atoms with Crippen molar-refractivity contribution in [3.63, 3.8) is 0 Å². The van der Waals surface area contributed by atoms with Gasteiger partial charge in [-0.3, -0.25) is 0 Å². The van der Waals surface area contributed by atoms with Crippen molar-refractivity contribution in [2.75, 3.05) is 33.8 Å². The Labute approximate surface area is 118 Å². The van der Waals surface area contributed by atoms with Crippen LogP contribution in [-0.4, -0.2) is 38.7 Å². The first-order chi connectivity index (χ1) is 9.26. The number of hydrogen-bond donors (Lipinski definition) is 1. The Balaban J connectivity index is 2.75. The molecule has 1 N–H and O–H groups in total. The first-order valence-corrected chi connectivity index (χ1v) is 7.29. The van der Waals surface area contributed by atoms with Crippen molar-refractivity contribution in [1.82, 2.24) is 10.2 Å². The van der Waals surface area contributed by atoms with Crippen LogP contribution in [0.15, 0.2) is 24.3 Å². The maximum Gasteiger partial charge on any atom is 0.123 e. The minimum Gasteiger partial charge on any atom is -0.496 e. The molecule has 0 aliphatic heterocycles. The largest absolute Gasteiger partial charge is 0.496 e. The number of ether oxygens (including phenoxy) is 1. The number of para-hydroxylation sites is 1. The van der Waals surface area contributed by atoms with Crippen LogP contribution in [0.25, 0.3) is 0 Å². The van der Waals surface area contributed by atoms with Crippen LogP contribution >= 0.6 is 0 Å². The van der Waals surface area contributed by atoms with E-state index in [4.69, 9.17) is 4.74 Å². The molecule has 1 aromatic carbocycles. The van der Waals surface area contributed by atoms with Crippen LogP contribution in [0.4, 0.5) is 0 Å². The summed E-state index contributed by atoms with van der Waals surface area (Å²) in [4.78, 5) is 2.50. The van der Waals surface area contributed by atoms with Gasteiger partial charge in [0.25, 0.3) is 0 Å². The molecule has 0 amide bonds. The lowest BCUT2D eigenvalue weighted by atomic mass is 10.0. The van der Waals surface area contributed by atoms with Gasteiger partial charge in [-0.2, -0.15) is 0 Å². The van der Waals surface area contributed by atoms with E-state index in [1.165, 1.54) is 24.9 Å². The molecule has 0 bridgehead atoms. The summed E-state index contributed by atoms with van der Waals surface area (Å²) >= 11 is 0. The number of nitrogens with zero attached hydrogens (tertiary/aromatic N) is 1.